The Morgan fingerprint density at radius 2 is 2.25 bits per heavy atom. The van der Waals surface area contributed by atoms with Gasteiger partial charge in [-0.25, -0.2) is 0 Å². The molecule has 20 heavy (non-hydrogen) atoms. The molecule has 1 atom stereocenters. The zero-order chi connectivity index (χ0) is 15.3. The molecule has 0 saturated heterocycles. The summed E-state index contributed by atoms with van der Waals surface area (Å²) in [5.74, 6) is -0.571. The second kappa shape index (κ2) is 7.19. The van der Waals surface area contributed by atoms with E-state index in [9.17, 15) is 14.9 Å². The number of non-ortho nitro benzene ring substituents is 1. The van der Waals surface area contributed by atoms with Gasteiger partial charge in [0, 0.05) is 28.8 Å². The lowest BCUT2D eigenvalue weighted by Crippen LogP contribution is -2.34. The summed E-state index contributed by atoms with van der Waals surface area (Å²) in [6.07, 6.45) is 0. The first-order valence-corrected chi connectivity index (χ1v) is 7.11. The lowest BCUT2D eigenvalue weighted by atomic mass is 10.1. The monoisotopic (exact) mass is 387 g/mol. The molecule has 0 radical (unpaired) electrons. The summed E-state index contributed by atoms with van der Waals surface area (Å²) < 4.78 is 0.654. The van der Waals surface area contributed by atoms with Gasteiger partial charge in [0.15, 0.2) is 0 Å². The van der Waals surface area contributed by atoms with Crippen LogP contribution in [0.2, 0.25) is 0 Å². The zero-order valence-electron chi connectivity index (χ0n) is 11.2. The predicted octanol–water partition coefficient (Wildman–Crippen LogP) is 2.82. The number of rotatable bonds is 5. The number of nitriles is 1. The molecule has 6 nitrogen and oxygen atoms in total. The van der Waals surface area contributed by atoms with Gasteiger partial charge in [-0.1, -0.05) is 0 Å². The van der Waals surface area contributed by atoms with Crippen molar-refractivity contribution in [3.8, 4) is 6.07 Å². The third kappa shape index (κ3) is 3.90. The van der Waals surface area contributed by atoms with Gasteiger partial charge >= 0.3 is 0 Å². The van der Waals surface area contributed by atoms with Crippen LogP contribution >= 0.6 is 22.6 Å². The van der Waals surface area contributed by atoms with Gasteiger partial charge in [0.05, 0.1) is 22.5 Å². The fourth-order valence-corrected chi connectivity index (χ4v) is 2.25. The van der Waals surface area contributed by atoms with Crippen LogP contribution in [-0.2, 0) is 0 Å². The molecule has 1 aromatic carbocycles. The highest BCUT2D eigenvalue weighted by Gasteiger charge is 2.21. The second-order valence-electron chi connectivity index (χ2n) is 4.30. The Hall–Kier alpha value is -1.69. The molecule has 1 unspecified atom stereocenters. The maximum absolute atomic E-state index is 12.4. The van der Waals surface area contributed by atoms with Gasteiger partial charge in [-0.15, -0.1) is 0 Å². The molecular weight excluding hydrogens is 373 g/mol. The molecule has 0 spiro atoms. The van der Waals surface area contributed by atoms with Gasteiger partial charge in [0.1, 0.15) is 0 Å². The largest absolute Gasteiger partial charge is 0.338 e. The molecule has 0 heterocycles. The third-order valence-electron chi connectivity index (χ3n) is 2.77. The molecule has 0 aliphatic carbocycles. The Balaban J connectivity index is 3.09. The topological polar surface area (TPSA) is 87.2 Å². The minimum Gasteiger partial charge on any atom is -0.338 e. The SMILES string of the molecule is CCN(CC(C)C#N)C(=O)c1cc([N+](=O)[O-])ccc1I. The molecule has 0 aliphatic heterocycles. The minimum absolute atomic E-state index is 0.113. The van der Waals surface area contributed by atoms with E-state index in [1.54, 1.807) is 13.0 Å². The van der Waals surface area contributed by atoms with E-state index in [-0.39, 0.29) is 17.5 Å². The highest BCUT2D eigenvalue weighted by molar-refractivity contribution is 14.1. The second-order valence-corrected chi connectivity index (χ2v) is 5.46. The first-order chi connectivity index (χ1) is 9.40. The smallest absolute Gasteiger partial charge is 0.270 e. The van der Waals surface area contributed by atoms with Crippen molar-refractivity contribution in [3.05, 3.63) is 37.4 Å². The van der Waals surface area contributed by atoms with Crippen molar-refractivity contribution in [2.24, 2.45) is 5.92 Å². The average Bonchev–Trinajstić information content (AvgIpc) is 2.43. The molecule has 0 N–H and O–H groups in total. The maximum Gasteiger partial charge on any atom is 0.270 e. The standard InChI is InChI=1S/C13H14IN3O3/c1-3-16(8-9(2)7-15)13(18)11-6-10(17(19)20)4-5-12(11)14/h4-6,9H,3,8H2,1-2H3. The van der Waals surface area contributed by atoms with Crippen LogP contribution < -0.4 is 0 Å². The first-order valence-electron chi connectivity index (χ1n) is 6.03. The Morgan fingerprint density at radius 3 is 2.75 bits per heavy atom. The Labute approximate surface area is 130 Å². The van der Waals surface area contributed by atoms with Gasteiger partial charge in [-0.2, -0.15) is 5.26 Å². The lowest BCUT2D eigenvalue weighted by molar-refractivity contribution is -0.384. The normalized spacial score (nSPS) is 11.5. The number of hydrogen-bond acceptors (Lipinski definition) is 4. The molecule has 0 aromatic heterocycles. The van der Waals surface area contributed by atoms with Crippen molar-refractivity contribution in [1.29, 1.82) is 5.26 Å². The molecule has 1 aromatic rings. The fraction of sp³-hybridized carbons (Fsp3) is 0.385. The van der Waals surface area contributed by atoms with Crippen LogP contribution in [0.5, 0.6) is 0 Å². The Kier molecular flexibility index (Phi) is 5.88. The number of nitro groups is 1. The van der Waals surface area contributed by atoms with E-state index in [4.69, 9.17) is 5.26 Å². The van der Waals surface area contributed by atoms with Crippen LogP contribution in [0.1, 0.15) is 24.2 Å². The van der Waals surface area contributed by atoms with E-state index >= 15 is 0 Å². The molecule has 0 bridgehead atoms. The van der Waals surface area contributed by atoms with E-state index in [2.05, 4.69) is 6.07 Å². The van der Waals surface area contributed by atoms with Crippen LogP contribution in [0, 0.1) is 30.9 Å². The predicted molar refractivity (Wildman–Crippen MR) is 82.2 cm³/mol. The van der Waals surface area contributed by atoms with Gasteiger partial charge in [-0.3, -0.25) is 14.9 Å². The summed E-state index contributed by atoms with van der Waals surface area (Å²) in [6.45, 7) is 4.30. The molecule has 1 rings (SSSR count). The van der Waals surface area contributed by atoms with Crippen molar-refractivity contribution in [2.45, 2.75) is 13.8 Å². The molecule has 0 saturated carbocycles. The summed E-state index contributed by atoms with van der Waals surface area (Å²) in [7, 11) is 0. The molecule has 1 amide bonds. The van der Waals surface area contributed by atoms with Crippen molar-refractivity contribution in [3.63, 3.8) is 0 Å². The number of nitrogens with zero attached hydrogens (tertiary/aromatic N) is 3. The molecule has 0 fully saturated rings. The first kappa shape index (κ1) is 16.4. The summed E-state index contributed by atoms with van der Waals surface area (Å²) in [6, 6.07) is 6.27. The van der Waals surface area contributed by atoms with Gasteiger partial charge < -0.3 is 4.90 Å². The summed E-state index contributed by atoms with van der Waals surface area (Å²) >= 11 is 1.97. The summed E-state index contributed by atoms with van der Waals surface area (Å²) in [4.78, 5) is 24.2. The zero-order valence-corrected chi connectivity index (χ0v) is 13.3. The molecule has 106 valence electrons. The third-order valence-corrected chi connectivity index (χ3v) is 3.72. The number of amides is 1. The van der Waals surface area contributed by atoms with Crippen LogP contribution in [0.25, 0.3) is 0 Å². The van der Waals surface area contributed by atoms with E-state index < -0.39 is 4.92 Å². The van der Waals surface area contributed by atoms with Crippen molar-refractivity contribution < 1.29 is 9.72 Å². The summed E-state index contributed by atoms with van der Waals surface area (Å²) in [5, 5.41) is 19.6. The number of benzene rings is 1. The minimum atomic E-state index is -0.527. The maximum atomic E-state index is 12.4. The van der Waals surface area contributed by atoms with Crippen molar-refractivity contribution >= 4 is 34.2 Å². The molecular formula is C13H14IN3O3. The van der Waals surface area contributed by atoms with E-state index in [1.807, 2.05) is 29.5 Å². The number of hydrogen-bond donors (Lipinski definition) is 0. The van der Waals surface area contributed by atoms with E-state index in [0.717, 1.165) is 0 Å². The fourth-order valence-electron chi connectivity index (χ4n) is 1.69. The van der Waals surface area contributed by atoms with Crippen molar-refractivity contribution in [1.82, 2.24) is 4.90 Å². The van der Waals surface area contributed by atoms with Crippen LogP contribution in [0.4, 0.5) is 5.69 Å². The highest BCUT2D eigenvalue weighted by atomic mass is 127. The average molecular weight is 387 g/mol. The van der Waals surface area contributed by atoms with Crippen LogP contribution in [0.15, 0.2) is 18.2 Å². The summed E-state index contributed by atoms with van der Waals surface area (Å²) in [5.41, 5.74) is 0.185. The van der Waals surface area contributed by atoms with E-state index in [0.29, 0.717) is 22.2 Å². The Morgan fingerprint density at radius 1 is 1.60 bits per heavy atom. The number of carbonyl (C=O) groups excluding carboxylic acids is 1. The van der Waals surface area contributed by atoms with Gasteiger partial charge in [0.25, 0.3) is 11.6 Å². The van der Waals surface area contributed by atoms with Crippen LogP contribution in [0.3, 0.4) is 0 Å². The number of carbonyl (C=O) groups is 1. The van der Waals surface area contributed by atoms with Crippen LogP contribution in [-0.4, -0.2) is 28.8 Å². The highest BCUT2D eigenvalue weighted by Crippen LogP contribution is 2.21. The Bertz CT molecular complexity index is 568. The van der Waals surface area contributed by atoms with Crippen molar-refractivity contribution in [2.75, 3.05) is 13.1 Å². The van der Waals surface area contributed by atoms with Gasteiger partial charge in [0.2, 0.25) is 0 Å². The molecule has 0 aliphatic rings. The number of halogens is 1. The quantitative estimate of drug-likeness (QED) is 0.442. The van der Waals surface area contributed by atoms with Gasteiger partial charge in [-0.05, 0) is 42.5 Å². The number of nitro benzene ring substituents is 1. The molecule has 7 heteroatoms. The van der Waals surface area contributed by atoms with E-state index in [1.165, 1.54) is 17.0 Å². The lowest BCUT2D eigenvalue weighted by Gasteiger charge is -2.22.